The highest BCUT2D eigenvalue weighted by Gasteiger charge is 2.20. The summed E-state index contributed by atoms with van der Waals surface area (Å²) in [4.78, 5) is 27.8. The van der Waals surface area contributed by atoms with Crippen LogP contribution in [-0.2, 0) is 0 Å². The van der Waals surface area contributed by atoms with Crippen LogP contribution in [0.5, 0.6) is 0 Å². The highest BCUT2D eigenvalue weighted by Crippen LogP contribution is 2.29. The predicted molar refractivity (Wildman–Crippen MR) is 94.1 cm³/mol. The predicted octanol–water partition coefficient (Wildman–Crippen LogP) is 3.28. The van der Waals surface area contributed by atoms with E-state index in [0.717, 1.165) is 30.0 Å². The molecule has 0 aromatic carbocycles. The highest BCUT2D eigenvalue weighted by molar-refractivity contribution is 7.13. The Balaban J connectivity index is 1.84. The van der Waals surface area contributed by atoms with Crippen LogP contribution in [0.4, 0.5) is 5.95 Å². The van der Waals surface area contributed by atoms with Gasteiger partial charge in [-0.1, -0.05) is 13.0 Å². The lowest BCUT2D eigenvalue weighted by atomic mass is 10.0. The van der Waals surface area contributed by atoms with Gasteiger partial charge in [0, 0.05) is 29.7 Å². The summed E-state index contributed by atoms with van der Waals surface area (Å²) >= 11 is 1.61. The van der Waals surface area contributed by atoms with Crippen LogP contribution in [0.2, 0.25) is 0 Å². The third kappa shape index (κ3) is 2.63. The molecule has 1 saturated heterocycles. The summed E-state index contributed by atoms with van der Waals surface area (Å²) in [5.74, 6) is 1.26. The van der Waals surface area contributed by atoms with Crippen molar-refractivity contribution in [3.63, 3.8) is 0 Å². The van der Waals surface area contributed by atoms with Gasteiger partial charge < -0.3 is 4.90 Å². The molecule has 0 aliphatic carbocycles. The van der Waals surface area contributed by atoms with E-state index in [9.17, 15) is 4.79 Å². The maximum atomic E-state index is 12.7. The maximum Gasteiger partial charge on any atom is 0.262 e. The van der Waals surface area contributed by atoms with Crippen LogP contribution in [0.25, 0.3) is 21.5 Å². The Morgan fingerprint density at radius 3 is 3.09 bits per heavy atom. The molecule has 4 rings (SSSR count). The second kappa shape index (κ2) is 5.77. The van der Waals surface area contributed by atoms with Crippen molar-refractivity contribution in [2.75, 3.05) is 18.0 Å². The third-order valence-electron chi connectivity index (χ3n) is 4.34. The summed E-state index contributed by atoms with van der Waals surface area (Å²) in [5, 5.41) is 2.58. The first kappa shape index (κ1) is 14.4. The molecule has 0 amide bonds. The Bertz CT molecular complexity index is 887. The van der Waals surface area contributed by atoms with Crippen molar-refractivity contribution in [1.29, 1.82) is 0 Å². The molecule has 1 fully saturated rings. The SMILES string of the molecule is CC1CCCN(c2nc3nccc(-c4cccs4)c3c(=O)[nH]2)C1. The number of piperidine rings is 1. The number of nitrogens with zero attached hydrogens (tertiary/aromatic N) is 3. The van der Waals surface area contributed by atoms with Crippen molar-refractivity contribution >= 4 is 28.3 Å². The molecule has 6 heteroatoms. The number of nitrogens with one attached hydrogen (secondary N) is 1. The molecule has 5 nitrogen and oxygen atoms in total. The minimum Gasteiger partial charge on any atom is -0.342 e. The Morgan fingerprint density at radius 1 is 1.39 bits per heavy atom. The van der Waals surface area contributed by atoms with E-state index < -0.39 is 0 Å². The fraction of sp³-hybridized carbons (Fsp3) is 0.353. The molecule has 3 aromatic heterocycles. The average molecular weight is 326 g/mol. The van der Waals surface area contributed by atoms with Gasteiger partial charge in [0.15, 0.2) is 5.65 Å². The van der Waals surface area contributed by atoms with Crippen LogP contribution in [0.1, 0.15) is 19.8 Å². The number of thiophene rings is 1. The summed E-state index contributed by atoms with van der Waals surface area (Å²) in [6, 6.07) is 5.88. The molecule has 0 radical (unpaired) electrons. The molecule has 1 aliphatic rings. The second-order valence-electron chi connectivity index (χ2n) is 6.12. The van der Waals surface area contributed by atoms with E-state index in [1.165, 1.54) is 6.42 Å². The van der Waals surface area contributed by atoms with Crippen molar-refractivity contribution in [3.8, 4) is 10.4 Å². The molecule has 0 bridgehead atoms. The van der Waals surface area contributed by atoms with Gasteiger partial charge in [-0.25, -0.2) is 4.98 Å². The Labute approximate surface area is 138 Å². The van der Waals surface area contributed by atoms with Gasteiger partial charge in [-0.05, 0) is 36.3 Å². The van der Waals surface area contributed by atoms with E-state index >= 15 is 0 Å². The largest absolute Gasteiger partial charge is 0.342 e. The number of hydrogen-bond acceptors (Lipinski definition) is 5. The van der Waals surface area contributed by atoms with Gasteiger partial charge in [0.2, 0.25) is 5.95 Å². The Kier molecular flexibility index (Phi) is 3.61. The highest BCUT2D eigenvalue weighted by atomic mass is 32.1. The van der Waals surface area contributed by atoms with Crippen LogP contribution in [0.3, 0.4) is 0 Å². The van der Waals surface area contributed by atoms with Gasteiger partial charge in [-0.15, -0.1) is 11.3 Å². The molecule has 23 heavy (non-hydrogen) atoms. The van der Waals surface area contributed by atoms with Crippen LogP contribution in [-0.4, -0.2) is 28.0 Å². The fourth-order valence-corrected chi connectivity index (χ4v) is 3.98. The van der Waals surface area contributed by atoms with E-state index in [4.69, 9.17) is 0 Å². The minimum atomic E-state index is -0.111. The monoisotopic (exact) mass is 326 g/mol. The number of fused-ring (bicyclic) bond motifs is 1. The lowest BCUT2D eigenvalue weighted by Gasteiger charge is -2.31. The first-order valence-corrected chi connectivity index (χ1v) is 8.78. The molecule has 1 unspecified atom stereocenters. The molecule has 1 N–H and O–H groups in total. The zero-order chi connectivity index (χ0) is 15.8. The molecular formula is C17H18N4OS. The van der Waals surface area contributed by atoms with Gasteiger partial charge >= 0.3 is 0 Å². The average Bonchev–Trinajstić information content (AvgIpc) is 3.08. The minimum absolute atomic E-state index is 0.111. The van der Waals surface area contributed by atoms with E-state index in [1.54, 1.807) is 17.5 Å². The number of aromatic amines is 1. The van der Waals surface area contributed by atoms with Crippen LogP contribution in [0, 0.1) is 5.92 Å². The third-order valence-corrected chi connectivity index (χ3v) is 5.24. The number of rotatable bonds is 2. The number of aromatic nitrogens is 3. The van der Waals surface area contributed by atoms with Gasteiger partial charge in [0.05, 0.1) is 5.39 Å². The zero-order valence-electron chi connectivity index (χ0n) is 13.0. The normalized spacial score (nSPS) is 18.5. The number of hydrogen-bond donors (Lipinski definition) is 1. The van der Waals surface area contributed by atoms with Crippen molar-refractivity contribution < 1.29 is 0 Å². The Morgan fingerprint density at radius 2 is 2.30 bits per heavy atom. The van der Waals surface area contributed by atoms with Crippen molar-refractivity contribution in [2.24, 2.45) is 5.92 Å². The van der Waals surface area contributed by atoms with Gasteiger partial charge in [0.25, 0.3) is 5.56 Å². The van der Waals surface area contributed by atoms with Gasteiger partial charge in [-0.3, -0.25) is 9.78 Å². The summed E-state index contributed by atoms with van der Waals surface area (Å²) < 4.78 is 0. The topological polar surface area (TPSA) is 61.9 Å². The van der Waals surface area contributed by atoms with E-state index in [0.29, 0.717) is 22.9 Å². The lowest BCUT2D eigenvalue weighted by molar-refractivity contribution is 0.442. The van der Waals surface area contributed by atoms with Crippen LogP contribution < -0.4 is 10.5 Å². The summed E-state index contributed by atoms with van der Waals surface area (Å²) in [6.45, 7) is 4.10. The first-order valence-electron chi connectivity index (χ1n) is 7.90. The van der Waals surface area contributed by atoms with Crippen molar-refractivity contribution in [1.82, 2.24) is 15.0 Å². The van der Waals surface area contributed by atoms with Crippen LogP contribution >= 0.6 is 11.3 Å². The summed E-state index contributed by atoms with van der Waals surface area (Å²) in [6.07, 6.45) is 4.09. The number of anilines is 1. The number of H-pyrrole nitrogens is 1. The first-order chi connectivity index (χ1) is 11.2. The quantitative estimate of drug-likeness (QED) is 0.785. The van der Waals surface area contributed by atoms with Crippen molar-refractivity contribution in [2.45, 2.75) is 19.8 Å². The second-order valence-corrected chi connectivity index (χ2v) is 7.07. The van der Waals surface area contributed by atoms with E-state index in [2.05, 4.69) is 26.8 Å². The smallest absolute Gasteiger partial charge is 0.262 e. The molecule has 0 spiro atoms. The van der Waals surface area contributed by atoms with Crippen LogP contribution in [0.15, 0.2) is 34.6 Å². The zero-order valence-corrected chi connectivity index (χ0v) is 13.8. The standard InChI is InChI=1S/C17H18N4OS/c1-11-4-2-8-21(10-11)17-19-15-14(16(22)20-17)12(6-7-18-15)13-5-3-9-23-13/h3,5-7,9,11H,2,4,8,10H2,1H3,(H,18,19,20,22). The fourth-order valence-electron chi connectivity index (χ4n) is 3.22. The molecule has 0 saturated carbocycles. The summed E-state index contributed by atoms with van der Waals surface area (Å²) in [7, 11) is 0. The van der Waals surface area contributed by atoms with Crippen molar-refractivity contribution in [3.05, 3.63) is 40.1 Å². The van der Waals surface area contributed by atoms with E-state index in [1.807, 2.05) is 23.6 Å². The number of pyridine rings is 1. The lowest BCUT2D eigenvalue weighted by Crippen LogP contribution is -2.36. The molecule has 1 atom stereocenters. The summed E-state index contributed by atoms with van der Waals surface area (Å²) in [5.41, 5.74) is 1.31. The molecular weight excluding hydrogens is 308 g/mol. The van der Waals surface area contributed by atoms with Gasteiger partial charge in [0.1, 0.15) is 0 Å². The molecule has 3 aromatic rings. The molecule has 1 aliphatic heterocycles. The van der Waals surface area contributed by atoms with Gasteiger partial charge in [-0.2, -0.15) is 4.98 Å². The molecule has 118 valence electrons. The Hall–Kier alpha value is -2.21. The van der Waals surface area contributed by atoms with E-state index in [-0.39, 0.29) is 5.56 Å². The maximum absolute atomic E-state index is 12.7. The molecule has 4 heterocycles.